The zero-order valence-electron chi connectivity index (χ0n) is 10.1. The predicted molar refractivity (Wildman–Crippen MR) is 65.8 cm³/mol. The SMILES string of the molecule is CCOc1ccc(NC(=O)CCC#N)cc1C. The maximum Gasteiger partial charge on any atom is 0.225 e. The van der Waals surface area contributed by atoms with Crippen molar-refractivity contribution in [2.45, 2.75) is 26.7 Å². The topological polar surface area (TPSA) is 62.1 Å². The van der Waals surface area contributed by atoms with Crippen molar-refractivity contribution in [1.82, 2.24) is 0 Å². The van der Waals surface area contributed by atoms with E-state index in [9.17, 15) is 4.79 Å². The summed E-state index contributed by atoms with van der Waals surface area (Å²) in [6.45, 7) is 4.47. The van der Waals surface area contributed by atoms with Crippen LogP contribution in [0, 0.1) is 18.3 Å². The fourth-order valence-electron chi connectivity index (χ4n) is 1.44. The van der Waals surface area contributed by atoms with Crippen LogP contribution in [0.3, 0.4) is 0 Å². The Labute approximate surface area is 101 Å². The highest BCUT2D eigenvalue weighted by molar-refractivity contribution is 5.91. The molecule has 0 fully saturated rings. The quantitative estimate of drug-likeness (QED) is 0.848. The summed E-state index contributed by atoms with van der Waals surface area (Å²) >= 11 is 0. The van der Waals surface area contributed by atoms with Crippen molar-refractivity contribution >= 4 is 11.6 Å². The molecule has 1 aromatic rings. The van der Waals surface area contributed by atoms with E-state index in [0.29, 0.717) is 6.61 Å². The monoisotopic (exact) mass is 232 g/mol. The van der Waals surface area contributed by atoms with Gasteiger partial charge in [-0.25, -0.2) is 0 Å². The Balaban J connectivity index is 2.64. The third kappa shape index (κ3) is 4.15. The minimum Gasteiger partial charge on any atom is -0.494 e. The van der Waals surface area contributed by atoms with Gasteiger partial charge in [-0.15, -0.1) is 0 Å². The summed E-state index contributed by atoms with van der Waals surface area (Å²) in [5.41, 5.74) is 1.71. The molecule has 1 aromatic carbocycles. The minimum atomic E-state index is -0.143. The van der Waals surface area contributed by atoms with E-state index in [1.54, 1.807) is 6.07 Å². The molecule has 1 rings (SSSR count). The highest BCUT2D eigenvalue weighted by atomic mass is 16.5. The number of nitrogens with zero attached hydrogens (tertiary/aromatic N) is 1. The molecule has 0 atom stereocenters. The number of anilines is 1. The number of nitrogens with one attached hydrogen (secondary N) is 1. The molecule has 0 saturated heterocycles. The van der Waals surface area contributed by atoms with Crippen molar-refractivity contribution in [3.05, 3.63) is 23.8 Å². The van der Waals surface area contributed by atoms with Crippen molar-refractivity contribution in [3.8, 4) is 11.8 Å². The first kappa shape index (κ1) is 13.0. The van der Waals surface area contributed by atoms with E-state index in [1.807, 2.05) is 32.0 Å². The van der Waals surface area contributed by atoms with Crippen LogP contribution in [0.15, 0.2) is 18.2 Å². The van der Waals surface area contributed by atoms with Gasteiger partial charge in [0.1, 0.15) is 5.75 Å². The molecule has 0 unspecified atom stereocenters. The van der Waals surface area contributed by atoms with E-state index in [2.05, 4.69) is 5.32 Å². The number of carbonyl (C=O) groups is 1. The van der Waals surface area contributed by atoms with Crippen molar-refractivity contribution in [1.29, 1.82) is 5.26 Å². The number of benzene rings is 1. The van der Waals surface area contributed by atoms with E-state index in [4.69, 9.17) is 10.00 Å². The zero-order valence-corrected chi connectivity index (χ0v) is 10.1. The van der Waals surface area contributed by atoms with Crippen molar-refractivity contribution in [2.24, 2.45) is 0 Å². The van der Waals surface area contributed by atoms with Crippen molar-refractivity contribution in [3.63, 3.8) is 0 Å². The Morgan fingerprint density at radius 1 is 1.53 bits per heavy atom. The van der Waals surface area contributed by atoms with Gasteiger partial charge in [0.25, 0.3) is 0 Å². The van der Waals surface area contributed by atoms with E-state index in [-0.39, 0.29) is 18.7 Å². The molecule has 0 heterocycles. The van der Waals surface area contributed by atoms with Crippen LogP contribution in [0.1, 0.15) is 25.3 Å². The van der Waals surface area contributed by atoms with Gasteiger partial charge < -0.3 is 10.1 Å². The summed E-state index contributed by atoms with van der Waals surface area (Å²) in [6.07, 6.45) is 0.463. The highest BCUT2D eigenvalue weighted by Crippen LogP contribution is 2.21. The van der Waals surface area contributed by atoms with Gasteiger partial charge in [0, 0.05) is 18.5 Å². The lowest BCUT2D eigenvalue weighted by Crippen LogP contribution is -2.10. The average Bonchev–Trinajstić information content (AvgIpc) is 2.30. The lowest BCUT2D eigenvalue weighted by atomic mass is 10.2. The van der Waals surface area contributed by atoms with Crippen LogP contribution in [-0.4, -0.2) is 12.5 Å². The molecular weight excluding hydrogens is 216 g/mol. The van der Waals surface area contributed by atoms with E-state index in [0.717, 1.165) is 17.0 Å². The number of hydrogen-bond donors (Lipinski definition) is 1. The van der Waals surface area contributed by atoms with Gasteiger partial charge in [-0.1, -0.05) is 0 Å². The van der Waals surface area contributed by atoms with Crippen LogP contribution in [0.4, 0.5) is 5.69 Å². The number of carbonyl (C=O) groups excluding carboxylic acids is 1. The number of amides is 1. The second kappa shape index (κ2) is 6.54. The number of nitriles is 1. The van der Waals surface area contributed by atoms with E-state index in [1.165, 1.54) is 0 Å². The molecule has 0 spiro atoms. The normalized spacial score (nSPS) is 9.47. The maximum absolute atomic E-state index is 11.4. The lowest BCUT2D eigenvalue weighted by Gasteiger charge is -2.09. The predicted octanol–water partition coefficient (Wildman–Crippen LogP) is 2.64. The van der Waals surface area contributed by atoms with Crippen molar-refractivity contribution < 1.29 is 9.53 Å². The first-order chi connectivity index (χ1) is 8.17. The Morgan fingerprint density at radius 2 is 2.29 bits per heavy atom. The van der Waals surface area contributed by atoms with Crippen LogP contribution < -0.4 is 10.1 Å². The Hall–Kier alpha value is -2.02. The van der Waals surface area contributed by atoms with Gasteiger partial charge in [0.15, 0.2) is 0 Å². The van der Waals surface area contributed by atoms with Gasteiger partial charge in [-0.2, -0.15) is 5.26 Å². The molecule has 1 amide bonds. The molecule has 4 nitrogen and oxygen atoms in total. The van der Waals surface area contributed by atoms with E-state index >= 15 is 0 Å². The van der Waals surface area contributed by atoms with Gasteiger partial charge in [-0.3, -0.25) is 4.79 Å². The smallest absolute Gasteiger partial charge is 0.225 e. The van der Waals surface area contributed by atoms with Gasteiger partial charge >= 0.3 is 0 Å². The largest absolute Gasteiger partial charge is 0.494 e. The summed E-state index contributed by atoms with van der Waals surface area (Å²) in [4.78, 5) is 11.4. The number of hydrogen-bond acceptors (Lipinski definition) is 3. The molecule has 0 aromatic heterocycles. The van der Waals surface area contributed by atoms with Crippen LogP contribution in [0.5, 0.6) is 5.75 Å². The van der Waals surface area contributed by atoms with E-state index < -0.39 is 0 Å². The zero-order chi connectivity index (χ0) is 12.7. The molecule has 4 heteroatoms. The summed E-state index contributed by atoms with van der Waals surface area (Å²) < 4.78 is 5.41. The molecule has 0 bridgehead atoms. The molecule has 0 aliphatic heterocycles. The highest BCUT2D eigenvalue weighted by Gasteiger charge is 2.04. The molecular formula is C13H16N2O2. The number of rotatable bonds is 5. The molecule has 0 aliphatic rings. The standard InChI is InChI=1S/C13H16N2O2/c1-3-17-12-7-6-11(9-10(12)2)15-13(16)5-4-8-14/h6-7,9H,3-5H2,1-2H3,(H,15,16). The number of aryl methyl sites for hydroxylation is 1. The molecule has 17 heavy (non-hydrogen) atoms. The van der Waals surface area contributed by atoms with Crippen LogP contribution in [-0.2, 0) is 4.79 Å². The molecule has 90 valence electrons. The third-order valence-electron chi connectivity index (χ3n) is 2.22. The summed E-state index contributed by atoms with van der Waals surface area (Å²) in [5, 5.41) is 11.1. The van der Waals surface area contributed by atoms with Crippen LogP contribution in [0.25, 0.3) is 0 Å². The summed E-state index contributed by atoms with van der Waals surface area (Å²) in [7, 11) is 0. The summed E-state index contributed by atoms with van der Waals surface area (Å²) in [5.74, 6) is 0.678. The van der Waals surface area contributed by atoms with Gasteiger partial charge in [0.05, 0.1) is 12.7 Å². The maximum atomic E-state index is 11.4. The van der Waals surface area contributed by atoms with Gasteiger partial charge in [-0.05, 0) is 37.6 Å². The third-order valence-corrected chi connectivity index (χ3v) is 2.22. The van der Waals surface area contributed by atoms with Crippen LogP contribution >= 0.6 is 0 Å². The Morgan fingerprint density at radius 3 is 2.88 bits per heavy atom. The first-order valence-corrected chi connectivity index (χ1v) is 5.57. The fraction of sp³-hybridized carbons (Fsp3) is 0.385. The van der Waals surface area contributed by atoms with Crippen LogP contribution in [0.2, 0.25) is 0 Å². The Kier molecular flexibility index (Phi) is 5.02. The fourth-order valence-corrected chi connectivity index (χ4v) is 1.44. The van der Waals surface area contributed by atoms with Crippen molar-refractivity contribution in [2.75, 3.05) is 11.9 Å². The molecule has 0 saturated carbocycles. The molecule has 0 aliphatic carbocycles. The number of ether oxygens (including phenoxy) is 1. The average molecular weight is 232 g/mol. The first-order valence-electron chi connectivity index (χ1n) is 5.57. The second-order valence-corrected chi connectivity index (χ2v) is 3.62. The minimum absolute atomic E-state index is 0.143. The molecule has 0 radical (unpaired) electrons. The lowest BCUT2D eigenvalue weighted by molar-refractivity contribution is -0.116. The molecule has 1 N–H and O–H groups in total. The summed E-state index contributed by atoms with van der Waals surface area (Å²) in [6, 6.07) is 7.42. The van der Waals surface area contributed by atoms with Gasteiger partial charge in [0.2, 0.25) is 5.91 Å². The Bertz CT molecular complexity index is 436. The second-order valence-electron chi connectivity index (χ2n) is 3.62.